The molecule has 1 aliphatic heterocycles. The molecule has 1 fully saturated rings. The van der Waals surface area contributed by atoms with Gasteiger partial charge in [-0.25, -0.2) is 8.42 Å². The van der Waals surface area contributed by atoms with Gasteiger partial charge >= 0.3 is 0 Å². The highest BCUT2D eigenvalue weighted by Crippen LogP contribution is 2.28. The van der Waals surface area contributed by atoms with Gasteiger partial charge in [0.2, 0.25) is 15.9 Å². The van der Waals surface area contributed by atoms with Gasteiger partial charge in [0, 0.05) is 44.1 Å². The average Bonchev–Trinajstić information content (AvgIpc) is 3.44. The number of carbonyl (C=O) groups excluding carboxylic acids is 1. The third-order valence-electron chi connectivity index (χ3n) is 5.75. The fourth-order valence-electron chi connectivity index (χ4n) is 3.92. The Hall–Kier alpha value is -2.84. The van der Waals surface area contributed by atoms with Crippen molar-refractivity contribution in [3.8, 4) is 0 Å². The quantitative estimate of drug-likeness (QED) is 0.586. The highest BCUT2D eigenvalue weighted by molar-refractivity contribution is 7.89. The Labute approximate surface area is 182 Å². The van der Waals surface area contributed by atoms with E-state index >= 15 is 0 Å². The first kappa shape index (κ1) is 21.4. The molecule has 0 spiro atoms. The molecule has 8 heteroatoms. The first-order valence-corrected chi connectivity index (χ1v) is 11.8. The molecular formula is C23H27N3O4S. The second-order valence-corrected chi connectivity index (χ2v) is 9.97. The third kappa shape index (κ3) is 4.60. The van der Waals surface area contributed by atoms with Crippen molar-refractivity contribution >= 4 is 21.6 Å². The van der Waals surface area contributed by atoms with Crippen LogP contribution >= 0.6 is 0 Å². The maximum absolute atomic E-state index is 13.5. The van der Waals surface area contributed by atoms with Crippen LogP contribution in [0.2, 0.25) is 0 Å². The molecule has 0 unspecified atom stereocenters. The summed E-state index contributed by atoms with van der Waals surface area (Å²) in [5.74, 6) is 0.466. The Morgan fingerprint density at radius 3 is 2.42 bits per heavy atom. The lowest BCUT2D eigenvalue weighted by Crippen LogP contribution is -2.44. The molecule has 1 aliphatic rings. The zero-order chi connectivity index (χ0) is 22.0. The number of hydrogen-bond donors (Lipinski definition) is 0. The molecule has 3 heterocycles. The average molecular weight is 442 g/mol. The molecule has 0 saturated carbocycles. The maximum Gasteiger partial charge on any atom is 0.244 e. The van der Waals surface area contributed by atoms with Crippen LogP contribution in [-0.2, 0) is 28.4 Å². The van der Waals surface area contributed by atoms with Crippen molar-refractivity contribution in [1.29, 1.82) is 0 Å². The largest absolute Gasteiger partial charge is 0.467 e. The number of furan rings is 1. The zero-order valence-electron chi connectivity index (χ0n) is 17.8. The van der Waals surface area contributed by atoms with Gasteiger partial charge in [0.25, 0.3) is 0 Å². The molecule has 31 heavy (non-hydrogen) atoms. The molecule has 0 aliphatic carbocycles. The lowest BCUT2D eigenvalue weighted by molar-refractivity contribution is -0.123. The van der Waals surface area contributed by atoms with Crippen LogP contribution < -0.4 is 4.90 Å². The highest BCUT2D eigenvalue weighted by Gasteiger charge is 2.34. The number of aromatic nitrogens is 1. The number of nitrogens with zero attached hydrogens (tertiary/aromatic N) is 3. The molecule has 4 rings (SSSR count). The second-order valence-electron chi connectivity index (χ2n) is 8.03. The number of hydrogen-bond acceptors (Lipinski definition) is 4. The monoisotopic (exact) mass is 441 g/mol. The van der Waals surface area contributed by atoms with E-state index in [0.29, 0.717) is 43.1 Å². The van der Waals surface area contributed by atoms with E-state index in [-0.39, 0.29) is 11.8 Å². The third-order valence-corrected chi connectivity index (χ3v) is 7.63. The molecule has 1 aromatic carbocycles. The molecule has 1 saturated heterocycles. The van der Waals surface area contributed by atoms with E-state index in [2.05, 4.69) is 0 Å². The molecule has 0 N–H and O–H groups in total. The van der Waals surface area contributed by atoms with E-state index in [4.69, 9.17) is 4.42 Å². The van der Waals surface area contributed by atoms with Crippen molar-refractivity contribution in [3.63, 3.8) is 0 Å². The Balaban J connectivity index is 1.49. The van der Waals surface area contributed by atoms with Gasteiger partial charge < -0.3 is 13.9 Å². The summed E-state index contributed by atoms with van der Waals surface area (Å²) >= 11 is 0. The summed E-state index contributed by atoms with van der Waals surface area (Å²) in [4.78, 5) is 15.5. The normalized spacial score (nSPS) is 15.8. The standard InChI is InChI=1S/C23H27N3O4S/c1-18-5-7-20(8-6-18)26(16-21-4-3-15-30-21)23(27)19-9-13-25(14-10-19)31(28,29)22-11-12-24(2)17-22/h3-8,11-12,15,17,19H,9-10,13-14,16H2,1-2H3. The summed E-state index contributed by atoms with van der Waals surface area (Å²) in [5.41, 5.74) is 1.93. The van der Waals surface area contributed by atoms with Crippen LogP contribution in [0.3, 0.4) is 0 Å². The van der Waals surface area contributed by atoms with Crippen molar-refractivity contribution in [2.45, 2.75) is 31.2 Å². The van der Waals surface area contributed by atoms with E-state index in [1.54, 1.807) is 47.3 Å². The lowest BCUT2D eigenvalue weighted by atomic mass is 9.96. The SMILES string of the molecule is Cc1ccc(N(Cc2ccco2)C(=O)C2CCN(S(=O)(=O)c3ccn(C)c3)CC2)cc1. The number of piperidine rings is 1. The number of rotatable bonds is 6. The number of carbonyl (C=O) groups is 1. The van der Waals surface area contributed by atoms with Crippen molar-refractivity contribution in [3.05, 3.63) is 72.4 Å². The Morgan fingerprint density at radius 2 is 1.84 bits per heavy atom. The highest BCUT2D eigenvalue weighted by atomic mass is 32.2. The minimum Gasteiger partial charge on any atom is -0.467 e. The van der Waals surface area contributed by atoms with E-state index in [0.717, 1.165) is 11.3 Å². The van der Waals surface area contributed by atoms with Gasteiger partial charge in [-0.3, -0.25) is 4.79 Å². The van der Waals surface area contributed by atoms with Crippen LogP contribution in [0.4, 0.5) is 5.69 Å². The molecule has 2 aromatic heterocycles. The Morgan fingerprint density at radius 1 is 1.13 bits per heavy atom. The minimum absolute atomic E-state index is 0.00277. The molecule has 164 valence electrons. The number of anilines is 1. The van der Waals surface area contributed by atoms with Crippen LogP contribution in [0.1, 0.15) is 24.2 Å². The van der Waals surface area contributed by atoms with Gasteiger partial charge in [-0.2, -0.15) is 4.31 Å². The number of sulfonamides is 1. The van der Waals surface area contributed by atoms with Gasteiger partial charge in [0.1, 0.15) is 5.76 Å². The smallest absolute Gasteiger partial charge is 0.244 e. The van der Waals surface area contributed by atoms with Gasteiger partial charge in [0.15, 0.2) is 0 Å². The van der Waals surface area contributed by atoms with Gasteiger partial charge in [0.05, 0.1) is 17.7 Å². The van der Waals surface area contributed by atoms with Crippen molar-refractivity contribution < 1.29 is 17.6 Å². The minimum atomic E-state index is -3.54. The fraction of sp³-hybridized carbons (Fsp3) is 0.348. The lowest BCUT2D eigenvalue weighted by Gasteiger charge is -2.33. The van der Waals surface area contributed by atoms with Gasteiger partial charge in [-0.15, -0.1) is 0 Å². The number of amides is 1. The van der Waals surface area contributed by atoms with Crippen LogP contribution in [-0.4, -0.2) is 36.3 Å². The summed E-state index contributed by atoms with van der Waals surface area (Å²) in [6.45, 7) is 3.01. The molecule has 1 amide bonds. The molecule has 0 radical (unpaired) electrons. The fourth-order valence-corrected chi connectivity index (χ4v) is 5.44. The number of benzene rings is 1. The topological polar surface area (TPSA) is 75.8 Å². The predicted molar refractivity (Wildman–Crippen MR) is 118 cm³/mol. The Kier molecular flexibility index (Phi) is 6.02. The van der Waals surface area contributed by atoms with Crippen molar-refractivity contribution in [2.24, 2.45) is 13.0 Å². The molecule has 3 aromatic rings. The second kappa shape index (κ2) is 8.72. The first-order valence-electron chi connectivity index (χ1n) is 10.4. The molecule has 0 atom stereocenters. The summed E-state index contributed by atoms with van der Waals surface area (Å²) in [6.07, 6.45) is 5.91. The summed E-state index contributed by atoms with van der Waals surface area (Å²) < 4.78 is 34.4. The van der Waals surface area contributed by atoms with Crippen molar-refractivity contribution in [1.82, 2.24) is 8.87 Å². The summed E-state index contributed by atoms with van der Waals surface area (Å²) in [5, 5.41) is 0. The van der Waals surface area contributed by atoms with Crippen LogP contribution in [0.5, 0.6) is 0 Å². The predicted octanol–water partition coefficient (Wildman–Crippen LogP) is 3.56. The summed E-state index contributed by atoms with van der Waals surface area (Å²) in [6, 6.07) is 13.1. The molecule has 0 bridgehead atoms. The van der Waals surface area contributed by atoms with Gasteiger partial charge in [-0.05, 0) is 50.1 Å². The van der Waals surface area contributed by atoms with Crippen LogP contribution in [0.25, 0.3) is 0 Å². The maximum atomic E-state index is 13.5. The Bertz CT molecular complexity index is 1130. The van der Waals surface area contributed by atoms with E-state index < -0.39 is 10.0 Å². The van der Waals surface area contributed by atoms with Gasteiger partial charge in [-0.1, -0.05) is 17.7 Å². The molecule has 7 nitrogen and oxygen atoms in total. The van der Waals surface area contributed by atoms with E-state index in [1.807, 2.05) is 37.3 Å². The van der Waals surface area contributed by atoms with Crippen LogP contribution in [0, 0.1) is 12.8 Å². The number of aryl methyl sites for hydroxylation is 2. The molecular weight excluding hydrogens is 414 g/mol. The van der Waals surface area contributed by atoms with Crippen LogP contribution in [0.15, 0.2) is 70.4 Å². The first-order chi connectivity index (χ1) is 14.8. The summed E-state index contributed by atoms with van der Waals surface area (Å²) in [7, 11) is -1.74. The van der Waals surface area contributed by atoms with Crippen molar-refractivity contribution in [2.75, 3.05) is 18.0 Å². The zero-order valence-corrected chi connectivity index (χ0v) is 18.6. The van der Waals surface area contributed by atoms with E-state index in [9.17, 15) is 13.2 Å². The van der Waals surface area contributed by atoms with E-state index in [1.165, 1.54) is 4.31 Å².